The first-order valence-corrected chi connectivity index (χ1v) is 10.6. The minimum absolute atomic E-state index is 0.257. The second-order valence-corrected chi connectivity index (χ2v) is 12.1. The van der Waals surface area contributed by atoms with Crippen molar-refractivity contribution in [3.05, 3.63) is 35.9 Å². The molecule has 0 saturated carbocycles. The SMILES string of the molecule is CC(=O)OC(C(=O)N(C)C[Si](C)(C)Cl)c1ccccc1. The second kappa shape index (κ2) is 6.90. The highest BCUT2D eigenvalue weighted by Crippen LogP contribution is 2.21. The Morgan fingerprint density at radius 1 is 1.30 bits per heavy atom. The zero-order chi connectivity index (χ0) is 15.3. The molecule has 110 valence electrons. The van der Waals surface area contributed by atoms with Crippen LogP contribution in [-0.4, -0.2) is 37.4 Å². The molecule has 1 aromatic rings. The third-order valence-corrected chi connectivity index (χ3v) is 4.18. The fraction of sp³-hybridized carbons (Fsp3) is 0.429. The van der Waals surface area contributed by atoms with E-state index < -0.39 is 19.5 Å². The van der Waals surface area contributed by atoms with E-state index in [0.29, 0.717) is 11.7 Å². The normalized spacial score (nSPS) is 12.7. The number of halogens is 1. The number of hydrogen-bond donors (Lipinski definition) is 0. The summed E-state index contributed by atoms with van der Waals surface area (Å²) >= 11 is 6.27. The number of rotatable bonds is 5. The van der Waals surface area contributed by atoms with Crippen molar-refractivity contribution in [2.45, 2.75) is 26.1 Å². The molecule has 0 spiro atoms. The van der Waals surface area contributed by atoms with Crippen LogP contribution in [0.15, 0.2) is 30.3 Å². The van der Waals surface area contributed by atoms with Gasteiger partial charge in [0.25, 0.3) is 5.91 Å². The Balaban J connectivity index is 2.94. The predicted octanol–water partition coefficient (Wildman–Crippen LogP) is 2.73. The summed E-state index contributed by atoms with van der Waals surface area (Å²) < 4.78 is 5.18. The Kier molecular flexibility index (Phi) is 5.77. The maximum atomic E-state index is 12.5. The van der Waals surface area contributed by atoms with Crippen LogP contribution in [0.3, 0.4) is 0 Å². The minimum Gasteiger partial charge on any atom is -0.447 e. The van der Waals surface area contributed by atoms with Gasteiger partial charge in [0, 0.05) is 25.7 Å². The highest BCUT2D eigenvalue weighted by Gasteiger charge is 2.30. The molecule has 1 atom stereocenters. The first-order valence-electron chi connectivity index (χ1n) is 6.37. The predicted molar refractivity (Wildman–Crippen MR) is 81.9 cm³/mol. The molecule has 6 heteroatoms. The Morgan fingerprint density at radius 2 is 1.85 bits per heavy atom. The molecular weight excluding hydrogens is 294 g/mol. The summed E-state index contributed by atoms with van der Waals surface area (Å²) in [6.45, 7) is 5.22. The van der Waals surface area contributed by atoms with Crippen molar-refractivity contribution in [1.82, 2.24) is 4.90 Å². The van der Waals surface area contributed by atoms with E-state index in [-0.39, 0.29) is 5.91 Å². The lowest BCUT2D eigenvalue weighted by atomic mass is 10.1. The molecule has 20 heavy (non-hydrogen) atoms. The van der Waals surface area contributed by atoms with Gasteiger partial charge in [-0.3, -0.25) is 9.59 Å². The van der Waals surface area contributed by atoms with Gasteiger partial charge in [0.15, 0.2) is 7.38 Å². The van der Waals surface area contributed by atoms with Crippen molar-refractivity contribution >= 4 is 30.3 Å². The van der Waals surface area contributed by atoms with E-state index in [1.807, 2.05) is 19.2 Å². The average Bonchev–Trinajstić information content (AvgIpc) is 2.34. The molecule has 1 aromatic carbocycles. The molecule has 0 aromatic heterocycles. The van der Waals surface area contributed by atoms with Crippen LogP contribution in [0.4, 0.5) is 0 Å². The average molecular weight is 314 g/mol. The van der Waals surface area contributed by atoms with Crippen molar-refractivity contribution in [2.24, 2.45) is 0 Å². The third-order valence-electron chi connectivity index (χ3n) is 2.60. The summed E-state index contributed by atoms with van der Waals surface area (Å²) in [5.74, 6) is -0.740. The summed E-state index contributed by atoms with van der Waals surface area (Å²) in [4.78, 5) is 25.2. The van der Waals surface area contributed by atoms with E-state index in [0.717, 1.165) is 0 Å². The number of benzene rings is 1. The van der Waals surface area contributed by atoms with Gasteiger partial charge < -0.3 is 9.64 Å². The summed E-state index contributed by atoms with van der Waals surface area (Å²) in [6, 6.07) is 8.99. The largest absolute Gasteiger partial charge is 0.447 e. The van der Waals surface area contributed by atoms with Crippen LogP contribution < -0.4 is 0 Å². The Hall–Kier alpha value is -1.33. The quantitative estimate of drug-likeness (QED) is 0.477. The van der Waals surface area contributed by atoms with Crippen LogP contribution in [0, 0.1) is 0 Å². The Morgan fingerprint density at radius 3 is 2.30 bits per heavy atom. The molecule has 4 nitrogen and oxygen atoms in total. The van der Waals surface area contributed by atoms with Crippen molar-refractivity contribution in [3.63, 3.8) is 0 Å². The van der Waals surface area contributed by atoms with E-state index in [1.165, 1.54) is 6.92 Å². The maximum absolute atomic E-state index is 12.5. The zero-order valence-corrected chi connectivity index (χ0v) is 14.0. The molecule has 0 bridgehead atoms. The summed E-state index contributed by atoms with van der Waals surface area (Å²) in [6.07, 6.45) is -0.412. The molecule has 0 saturated heterocycles. The standard InChI is InChI=1S/C14H20ClNO3Si/c1-11(17)19-13(12-8-6-5-7-9-12)14(18)16(2)10-20(3,4)15/h5-9,13H,10H2,1-4H3. The van der Waals surface area contributed by atoms with Crippen molar-refractivity contribution in [2.75, 3.05) is 13.2 Å². The maximum Gasteiger partial charge on any atom is 0.303 e. The van der Waals surface area contributed by atoms with Gasteiger partial charge in [-0.1, -0.05) is 43.4 Å². The number of amides is 1. The molecular formula is C14H20ClNO3Si. The number of carbonyl (C=O) groups is 2. The van der Waals surface area contributed by atoms with Gasteiger partial charge in [0.1, 0.15) is 0 Å². The zero-order valence-electron chi connectivity index (χ0n) is 12.2. The number of ether oxygens (including phenoxy) is 1. The summed E-state index contributed by atoms with van der Waals surface area (Å²) in [5, 5.41) is 0. The van der Waals surface area contributed by atoms with Crippen LogP contribution in [0.2, 0.25) is 13.1 Å². The Labute approximate surface area is 125 Å². The highest BCUT2D eigenvalue weighted by molar-refractivity contribution is 7.19. The molecule has 0 aliphatic carbocycles. The third kappa shape index (κ3) is 5.34. The molecule has 1 rings (SSSR count). The summed E-state index contributed by atoms with van der Waals surface area (Å²) in [7, 11) is -0.254. The van der Waals surface area contributed by atoms with E-state index in [1.54, 1.807) is 36.2 Å². The summed E-state index contributed by atoms with van der Waals surface area (Å²) in [5.41, 5.74) is 0.661. The molecule has 0 N–H and O–H groups in total. The molecule has 0 radical (unpaired) electrons. The number of hydrogen-bond acceptors (Lipinski definition) is 3. The van der Waals surface area contributed by atoms with Crippen LogP contribution in [0.25, 0.3) is 0 Å². The lowest BCUT2D eigenvalue weighted by Gasteiger charge is -2.27. The van der Waals surface area contributed by atoms with E-state index in [4.69, 9.17) is 15.8 Å². The van der Waals surface area contributed by atoms with Crippen molar-refractivity contribution in [3.8, 4) is 0 Å². The van der Waals surface area contributed by atoms with E-state index in [9.17, 15) is 9.59 Å². The van der Waals surface area contributed by atoms with Gasteiger partial charge in [0.2, 0.25) is 6.10 Å². The highest BCUT2D eigenvalue weighted by atomic mass is 35.6. The van der Waals surface area contributed by atoms with Gasteiger partial charge >= 0.3 is 5.97 Å². The van der Waals surface area contributed by atoms with Crippen LogP contribution in [0.5, 0.6) is 0 Å². The second-order valence-electron chi connectivity index (χ2n) is 5.31. The monoisotopic (exact) mass is 313 g/mol. The number of carbonyl (C=O) groups excluding carboxylic acids is 2. The fourth-order valence-corrected chi connectivity index (χ4v) is 3.72. The number of esters is 1. The number of likely N-dealkylation sites (N-methyl/N-ethyl adjacent to an activating group) is 1. The van der Waals surface area contributed by atoms with Gasteiger partial charge in [-0.05, 0) is 0 Å². The molecule has 0 heterocycles. The van der Waals surface area contributed by atoms with Gasteiger partial charge in [0.05, 0.1) is 0 Å². The van der Waals surface area contributed by atoms with Crippen LogP contribution >= 0.6 is 11.1 Å². The van der Waals surface area contributed by atoms with Gasteiger partial charge in [-0.25, -0.2) is 0 Å². The molecule has 1 unspecified atom stereocenters. The Bertz CT molecular complexity index is 473. The van der Waals surface area contributed by atoms with E-state index in [2.05, 4.69) is 0 Å². The minimum atomic E-state index is -1.93. The molecule has 0 aliphatic heterocycles. The molecule has 1 amide bonds. The van der Waals surface area contributed by atoms with E-state index >= 15 is 0 Å². The lowest BCUT2D eigenvalue weighted by Crippen LogP contribution is -2.42. The smallest absolute Gasteiger partial charge is 0.303 e. The lowest BCUT2D eigenvalue weighted by molar-refractivity contribution is -0.158. The topological polar surface area (TPSA) is 46.6 Å². The first kappa shape index (κ1) is 16.7. The van der Waals surface area contributed by atoms with Gasteiger partial charge in [-0.15, -0.1) is 0 Å². The molecule has 0 fully saturated rings. The number of nitrogens with zero attached hydrogens (tertiary/aromatic N) is 1. The molecule has 0 aliphatic rings. The first-order chi connectivity index (χ1) is 9.20. The fourth-order valence-electron chi connectivity index (χ4n) is 1.90. The van der Waals surface area contributed by atoms with Gasteiger partial charge in [-0.2, -0.15) is 11.1 Å². The van der Waals surface area contributed by atoms with Crippen LogP contribution in [-0.2, 0) is 14.3 Å². The van der Waals surface area contributed by atoms with Crippen molar-refractivity contribution in [1.29, 1.82) is 0 Å². The van der Waals surface area contributed by atoms with Crippen LogP contribution in [0.1, 0.15) is 18.6 Å². The van der Waals surface area contributed by atoms with Crippen molar-refractivity contribution < 1.29 is 14.3 Å².